The van der Waals surface area contributed by atoms with Gasteiger partial charge in [0.05, 0.1) is 11.8 Å². The molecule has 1 N–H and O–H groups in total. The molecule has 1 amide bonds. The maximum absolute atomic E-state index is 11.8. The maximum Gasteiger partial charge on any atom is 0.307 e. The molecule has 1 saturated carbocycles. The van der Waals surface area contributed by atoms with Crippen molar-refractivity contribution in [1.82, 2.24) is 4.90 Å². The van der Waals surface area contributed by atoms with Crippen molar-refractivity contribution in [3.8, 4) is 0 Å². The van der Waals surface area contributed by atoms with Gasteiger partial charge in [0, 0.05) is 13.1 Å². The molecule has 2 rings (SSSR count). The zero-order valence-corrected chi connectivity index (χ0v) is 8.98. The van der Waals surface area contributed by atoms with Crippen molar-refractivity contribution in [1.29, 1.82) is 0 Å². The lowest BCUT2D eigenvalue weighted by Gasteiger charge is -2.30. The Hall–Kier alpha value is -1.06. The summed E-state index contributed by atoms with van der Waals surface area (Å²) in [5, 5.41) is 8.74. The highest BCUT2D eigenvalue weighted by molar-refractivity contribution is 5.89. The highest BCUT2D eigenvalue weighted by atomic mass is 16.4. The van der Waals surface area contributed by atoms with E-state index in [9.17, 15) is 9.59 Å². The van der Waals surface area contributed by atoms with Crippen molar-refractivity contribution in [2.75, 3.05) is 13.1 Å². The van der Waals surface area contributed by atoms with Crippen LogP contribution in [0.1, 0.15) is 26.2 Å². The average Bonchev–Trinajstić information content (AvgIpc) is 2.97. The fourth-order valence-corrected chi connectivity index (χ4v) is 2.20. The number of rotatable bonds is 2. The molecule has 0 aromatic heterocycles. The summed E-state index contributed by atoms with van der Waals surface area (Å²) >= 11 is 0. The van der Waals surface area contributed by atoms with Crippen molar-refractivity contribution in [2.45, 2.75) is 26.2 Å². The summed E-state index contributed by atoms with van der Waals surface area (Å²) < 4.78 is 0. The number of carboxylic acid groups (broad SMARTS) is 1. The van der Waals surface area contributed by atoms with E-state index in [4.69, 9.17) is 5.11 Å². The molecule has 0 aromatic carbocycles. The SMILES string of the molecule is CC1CCN(C(=O)[C@@H]2C[C@H]2C(=O)O)CC1. The molecule has 1 heterocycles. The van der Waals surface area contributed by atoms with Gasteiger partial charge in [-0.15, -0.1) is 0 Å². The normalized spacial score (nSPS) is 31.4. The predicted octanol–water partition coefficient (Wildman–Crippen LogP) is 0.966. The summed E-state index contributed by atoms with van der Waals surface area (Å²) in [6.07, 6.45) is 2.65. The first-order valence-corrected chi connectivity index (χ1v) is 5.61. The molecule has 1 aliphatic carbocycles. The highest BCUT2D eigenvalue weighted by Gasteiger charge is 2.49. The van der Waals surface area contributed by atoms with Crippen LogP contribution in [0.25, 0.3) is 0 Å². The van der Waals surface area contributed by atoms with Crippen molar-refractivity contribution in [3.63, 3.8) is 0 Å². The number of carboxylic acids is 1. The molecule has 1 aliphatic heterocycles. The maximum atomic E-state index is 11.8. The number of hydrogen-bond donors (Lipinski definition) is 1. The molecule has 2 aliphatic rings. The minimum Gasteiger partial charge on any atom is -0.481 e. The number of amides is 1. The van der Waals surface area contributed by atoms with Gasteiger partial charge < -0.3 is 10.0 Å². The Bertz CT molecular complexity index is 282. The standard InChI is InChI=1S/C11H17NO3/c1-7-2-4-12(5-3-7)10(13)8-6-9(8)11(14)15/h7-9H,2-6H2,1H3,(H,14,15)/t8-,9-/m1/s1. The number of piperidine rings is 1. The van der Waals surface area contributed by atoms with E-state index in [1.54, 1.807) is 0 Å². The second kappa shape index (κ2) is 3.83. The van der Waals surface area contributed by atoms with Crippen molar-refractivity contribution < 1.29 is 14.7 Å². The topological polar surface area (TPSA) is 57.6 Å². The zero-order chi connectivity index (χ0) is 11.0. The lowest BCUT2D eigenvalue weighted by Crippen LogP contribution is -2.39. The Morgan fingerprint density at radius 3 is 2.27 bits per heavy atom. The Morgan fingerprint density at radius 2 is 1.80 bits per heavy atom. The second-order valence-electron chi connectivity index (χ2n) is 4.79. The Balaban J connectivity index is 1.85. The van der Waals surface area contributed by atoms with Gasteiger partial charge in [-0.25, -0.2) is 0 Å². The van der Waals surface area contributed by atoms with E-state index in [1.165, 1.54) is 0 Å². The quantitative estimate of drug-likeness (QED) is 0.740. The molecule has 2 atom stereocenters. The van der Waals surface area contributed by atoms with Crippen LogP contribution < -0.4 is 0 Å². The Morgan fingerprint density at radius 1 is 1.20 bits per heavy atom. The van der Waals surface area contributed by atoms with E-state index < -0.39 is 11.9 Å². The van der Waals surface area contributed by atoms with E-state index in [-0.39, 0.29) is 11.8 Å². The van der Waals surface area contributed by atoms with Crippen LogP contribution in [0, 0.1) is 17.8 Å². The van der Waals surface area contributed by atoms with E-state index in [2.05, 4.69) is 6.92 Å². The van der Waals surface area contributed by atoms with Crippen LogP contribution in [0.4, 0.5) is 0 Å². The number of carbonyl (C=O) groups excluding carboxylic acids is 1. The molecule has 84 valence electrons. The second-order valence-corrected chi connectivity index (χ2v) is 4.79. The number of aliphatic carboxylic acids is 1. The van der Waals surface area contributed by atoms with E-state index in [0.717, 1.165) is 25.9 Å². The smallest absolute Gasteiger partial charge is 0.307 e. The van der Waals surface area contributed by atoms with Crippen LogP contribution in [-0.4, -0.2) is 35.0 Å². The van der Waals surface area contributed by atoms with Gasteiger partial charge in [-0.05, 0) is 25.2 Å². The fraction of sp³-hybridized carbons (Fsp3) is 0.818. The molecule has 0 unspecified atom stereocenters. The van der Waals surface area contributed by atoms with Crippen LogP contribution in [0.15, 0.2) is 0 Å². The molecule has 4 nitrogen and oxygen atoms in total. The van der Waals surface area contributed by atoms with Gasteiger partial charge in [0.2, 0.25) is 5.91 Å². The summed E-state index contributed by atoms with van der Waals surface area (Å²) in [6.45, 7) is 3.81. The molecule has 0 radical (unpaired) electrons. The monoisotopic (exact) mass is 211 g/mol. The van der Waals surface area contributed by atoms with Crippen molar-refractivity contribution in [3.05, 3.63) is 0 Å². The molecule has 0 spiro atoms. The third-order valence-electron chi connectivity index (χ3n) is 3.52. The summed E-state index contributed by atoms with van der Waals surface area (Å²) in [5.74, 6) is -0.690. The minimum absolute atomic E-state index is 0.0642. The summed E-state index contributed by atoms with van der Waals surface area (Å²) in [7, 11) is 0. The van der Waals surface area contributed by atoms with Gasteiger partial charge in [-0.3, -0.25) is 9.59 Å². The highest BCUT2D eigenvalue weighted by Crippen LogP contribution is 2.40. The first kappa shape index (κ1) is 10.5. The van der Waals surface area contributed by atoms with Crippen molar-refractivity contribution >= 4 is 11.9 Å². The minimum atomic E-state index is -0.821. The largest absolute Gasteiger partial charge is 0.481 e. The molecule has 0 bridgehead atoms. The Labute approximate surface area is 89.3 Å². The van der Waals surface area contributed by atoms with Crippen LogP contribution in [-0.2, 0) is 9.59 Å². The van der Waals surface area contributed by atoms with Crippen molar-refractivity contribution in [2.24, 2.45) is 17.8 Å². The molecular weight excluding hydrogens is 194 g/mol. The van der Waals surface area contributed by atoms with Gasteiger partial charge in [0.25, 0.3) is 0 Å². The van der Waals surface area contributed by atoms with Crippen LogP contribution in [0.3, 0.4) is 0 Å². The van der Waals surface area contributed by atoms with Gasteiger partial charge in [-0.2, -0.15) is 0 Å². The summed E-state index contributed by atoms with van der Waals surface area (Å²) in [4.78, 5) is 24.3. The van der Waals surface area contributed by atoms with Gasteiger partial charge in [0.15, 0.2) is 0 Å². The third kappa shape index (κ3) is 2.13. The fourth-order valence-electron chi connectivity index (χ4n) is 2.20. The van der Waals surface area contributed by atoms with E-state index in [0.29, 0.717) is 12.3 Å². The number of hydrogen-bond acceptors (Lipinski definition) is 2. The predicted molar refractivity (Wildman–Crippen MR) is 54.2 cm³/mol. The van der Waals surface area contributed by atoms with Gasteiger partial charge >= 0.3 is 5.97 Å². The number of carbonyl (C=O) groups is 2. The molecule has 4 heteroatoms. The van der Waals surface area contributed by atoms with E-state index >= 15 is 0 Å². The molecular formula is C11H17NO3. The van der Waals surface area contributed by atoms with E-state index in [1.807, 2.05) is 4.90 Å². The first-order valence-electron chi connectivity index (χ1n) is 5.61. The number of nitrogens with zero attached hydrogens (tertiary/aromatic N) is 1. The molecule has 2 fully saturated rings. The lowest BCUT2D eigenvalue weighted by molar-refractivity contribution is -0.142. The zero-order valence-electron chi connectivity index (χ0n) is 8.98. The molecule has 0 aromatic rings. The molecule has 15 heavy (non-hydrogen) atoms. The average molecular weight is 211 g/mol. The van der Waals surface area contributed by atoms with Crippen LogP contribution in [0.5, 0.6) is 0 Å². The summed E-state index contributed by atoms with van der Waals surface area (Å²) in [6, 6.07) is 0. The number of likely N-dealkylation sites (tertiary alicyclic amines) is 1. The van der Waals surface area contributed by atoms with Gasteiger partial charge in [-0.1, -0.05) is 6.92 Å². The van der Waals surface area contributed by atoms with Crippen LogP contribution in [0.2, 0.25) is 0 Å². The molecule has 1 saturated heterocycles. The third-order valence-corrected chi connectivity index (χ3v) is 3.52. The summed E-state index contributed by atoms with van der Waals surface area (Å²) in [5.41, 5.74) is 0. The van der Waals surface area contributed by atoms with Crippen LogP contribution >= 0.6 is 0 Å². The Kier molecular flexibility index (Phi) is 2.67. The first-order chi connectivity index (χ1) is 7.09. The van der Waals surface area contributed by atoms with Gasteiger partial charge in [0.1, 0.15) is 0 Å². The lowest BCUT2D eigenvalue weighted by atomic mass is 9.99.